The molecule has 1 atom stereocenters. The van der Waals surface area contributed by atoms with Crippen LogP contribution >= 0.6 is 11.6 Å². The van der Waals surface area contributed by atoms with E-state index >= 15 is 0 Å². The predicted molar refractivity (Wildman–Crippen MR) is 75.7 cm³/mol. The zero-order valence-electron chi connectivity index (χ0n) is 12.2. The molecule has 1 aromatic rings. The van der Waals surface area contributed by atoms with Crippen molar-refractivity contribution in [3.05, 3.63) is 16.9 Å². The zero-order chi connectivity index (χ0) is 15.8. The third-order valence-corrected chi connectivity index (χ3v) is 3.39. The summed E-state index contributed by atoms with van der Waals surface area (Å²) in [5, 5.41) is 13.3. The molecular formula is C13H18ClN3O4. The number of ether oxygens (including phenoxy) is 1. The number of nitrogens with zero attached hydrogens (tertiary/aromatic N) is 3. The standard InChI is InChI=1S/C13H18ClN3O4/c1-13(2,3)21-12(20)16-5-4-8(7-16)17-10(11(18)19)9(14)6-15-17/h6,8H,4-5,7H2,1-3H3,(H,18,19)/t8-/m0/s1. The van der Waals surface area contributed by atoms with Gasteiger partial charge in [0.25, 0.3) is 0 Å². The molecule has 0 aromatic carbocycles. The van der Waals surface area contributed by atoms with Crippen molar-refractivity contribution in [2.75, 3.05) is 13.1 Å². The van der Waals surface area contributed by atoms with Crippen LogP contribution in [0.2, 0.25) is 5.02 Å². The molecule has 116 valence electrons. The number of carbonyl (C=O) groups excluding carboxylic acids is 1. The van der Waals surface area contributed by atoms with E-state index in [1.165, 1.54) is 10.9 Å². The first-order valence-electron chi connectivity index (χ1n) is 6.63. The van der Waals surface area contributed by atoms with Crippen molar-refractivity contribution in [2.45, 2.75) is 38.8 Å². The molecule has 1 amide bonds. The Balaban J connectivity index is 2.10. The molecule has 0 aliphatic carbocycles. The van der Waals surface area contributed by atoms with Crippen LogP contribution in [0, 0.1) is 0 Å². The molecule has 21 heavy (non-hydrogen) atoms. The van der Waals surface area contributed by atoms with Crippen molar-refractivity contribution in [2.24, 2.45) is 0 Å². The Labute approximate surface area is 127 Å². The first-order valence-corrected chi connectivity index (χ1v) is 7.01. The molecule has 1 aliphatic heterocycles. The van der Waals surface area contributed by atoms with Gasteiger partial charge in [0.2, 0.25) is 0 Å². The predicted octanol–water partition coefficient (Wildman–Crippen LogP) is 2.42. The van der Waals surface area contributed by atoms with Gasteiger partial charge < -0.3 is 14.7 Å². The fraction of sp³-hybridized carbons (Fsp3) is 0.615. The van der Waals surface area contributed by atoms with Crippen LogP contribution in [-0.2, 0) is 4.74 Å². The van der Waals surface area contributed by atoms with E-state index in [1.54, 1.807) is 25.7 Å². The number of aromatic nitrogens is 2. The average molecular weight is 316 g/mol. The van der Waals surface area contributed by atoms with E-state index in [1.807, 2.05) is 0 Å². The van der Waals surface area contributed by atoms with Crippen LogP contribution in [0.15, 0.2) is 6.20 Å². The Morgan fingerprint density at radius 3 is 2.71 bits per heavy atom. The van der Waals surface area contributed by atoms with E-state index in [9.17, 15) is 14.7 Å². The van der Waals surface area contributed by atoms with Crippen molar-refractivity contribution in [3.8, 4) is 0 Å². The number of hydrogen-bond acceptors (Lipinski definition) is 4. The highest BCUT2D eigenvalue weighted by atomic mass is 35.5. The third kappa shape index (κ3) is 3.47. The molecule has 1 fully saturated rings. The van der Waals surface area contributed by atoms with Crippen LogP contribution in [0.4, 0.5) is 4.79 Å². The molecule has 0 unspecified atom stereocenters. The Hall–Kier alpha value is -1.76. The number of likely N-dealkylation sites (tertiary alicyclic amines) is 1. The Morgan fingerprint density at radius 1 is 1.48 bits per heavy atom. The minimum atomic E-state index is -1.13. The molecule has 1 saturated heterocycles. The molecule has 0 spiro atoms. The number of rotatable bonds is 2. The summed E-state index contributed by atoms with van der Waals surface area (Å²) in [5.41, 5.74) is -0.608. The quantitative estimate of drug-likeness (QED) is 0.906. The van der Waals surface area contributed by atoms with Gasteiger partial charge in [0.05, 0.1) is 17.3 Å². The maximum Gasteiger partial charge on any atom is 0.410 e. The summed E-state index contributed by atoms with van der Waals surface area (Å²) >= 11 is 5.84. The summed E-state index contributed by atoms with van der Waals surface area (Å²) in [5.74, 6) is -1.13. The fourth-order valence-corrected chi connectivity index (χ4v) is 2.46. The second-order valence-corrected chi connectivity index (χ2v) is 6.37. The molecule has 1 aliphatic rings. The van der Waals surface area contributed by atoms with Gasteiger partial charge in [-0.1, -0.05) is 11.6 Å². The average Bonchev–Trinajstić information content (AvgIpc) is 2.92. The number of carbonyl (C=O) groups is 2. The number of aromatic carboxylic acids is 1. The fourth-order valence-electron chi connectivity index (χ4n) is 2.25. The first kappa shape index (κ1) is 15.6. The molecular weight excluding hydrogens is 298 g/mol. The molecule has 1 aromatic heterocycles. The van der Waals surface area contributed by atoms with Crippen LogP contribution in [-0.4, -0.2) is 50.5 Å². The van der Waals surface area contributed by atoms with Crippen molar-refractivity contribution in [1.29, 1.82) is 0 Å². The summed E-state index contributed by atoms with van der Waals surface area (Å²) in [7, 11) is 0. The van der Waals surface area contributed by atoms with Crippen LogP contribution in [0.1, 0.15) is 43.7 Å². The van der Waals surface area contributed by atoms with Gasteiger partial charge in [-0.3, -0.25) is 4.68 Å². The number of carboxylic acids is 1. The smallest absolute Gasteiger partial charge is 0.410 e. The number of halogens is 1. The van der Waals surface area contributed by atoms with Gasteiger partial charge in [-0.25, -0.2) is 9.59 Å². The van der Waals surface area contributed by atoms with E-state index in [-0.39, 0.29) is 16.8 Å². The van der Waals surface area contributed by atoms with Crippen LogP contribution < -0.4 is 0 Å². The Morgan fingerprint density at radius 2 is 2.14 bits per heavy atom. The second kappa shape index (κ2) is 5.55. The highest BCUT2D eigenvalue weighted by molar-refractivity contribution is 6.33. The van der Waals surface area contributed by atoms with E-state index in [0.717, 1.165) is 0 Å². The molecule has 1 N–H and O–H groups in total. The lowest BCUT2D eigenvalue weighted by atomic mass is 10.2. The summed E-state index contributed by atoms with van der Waals surface area (Å²) in [6, 6.07) is -0.212. The number of hydrogen-bond donors (Lipinski definition) is 1. The van der Waals surface area contributed by atoms with Gasteiger partial charge in [-0.15, -0.1) is 0 Å². The molecule has 0 bridgehead atoms. The van der Waals surface area contributed by atoms with Gasteiger partial charge in [0.15, 0.2) is 5.69 Å². The molecule has 2 rings (SSSR count). The molecule has 0 radical (unpaired) electrons. The zero-order valence-corrected chi connectivity index (χ0v) is 12.9. The summed E-state index contributed by atoms with van der Waals surface area (Å²) in [6.45, 7) is 6.25. The Kier molecular flexibility index (Phi) is 4.13. The normalized spacial score (nSPS) is 18.9. The van der Waals surface area contributed by atoms with Gasteiger partial charge in [0.1, 0.15) is 5.60 Å². The van der Waals surface area contributed by atoms with Gasteiger partial charge in [-0.05, 0) is 27.2 Å². The largest absolute Gasteiger partial charge is 0.476 e. The second-order valence-electron chi connectivity index (χ2n) is 5.96. The minimum Gasteiger partial charge on any atom is -0.476 e. The lowest BCUT2D eigenvalue weighted by molar-refractivity contribution is 0.0288. The third-order valence-electron chi connectivity index (χ3n) is 3.11. The number of amides is 1. The van der Waals surface area contributed by atoms with Gasteiger partial charge in [-0.2, -0.15) is 5.10 Å². The minimum absolute atomic E-state index is 0.0484. The van der Waals surface area contributed by atoms with E-state index < -0.39 is 17.7 Å². The number of carboxylic acid groups (broad SMARTS) is 1. The van der Waals surface area contributed by atoms with Crippen molar-refractivity contribution >= 4 is 23.7 Å². The van der Waals surface area contributed by atoms with E-state index in [2.05, 4.69) is 5.10 Å². The Bertz CT molecular complexity index is 564. The van der Waals surface area contributed by atoms with Crippen LogP contribution in [0.3, 0.4) is 0 Å². The van der Waals surface area contributed by atoms with Gasteiger partial charge in [0, 0.05) is 13.1 Å². The van der Waals surface area contributed by atoms with Crippen molar-refractivity contribution in [1.82, 2.24) is 14.7 Å². The lowest BCUT2D eigenvalue weighted by Crippen LogP contribution is -2.35. The van der Waals surface area contributed by atoms with Crippen LogP contribution in [0.25, 0.3) is 0 Å². The highest BCUT2D eigenvalue weighted by Gasteiger charge is 2.33. The topological polar surface area (TPSA) is 84.7 Å². The first-order chi connectivity index (χ1) is 9.69. The summed E-state index contributed by atoms with van der Waals surface area (Å²) in [4.78, 5) is 24.8. The van der Waals surface area contributed by atoms with E-state index in [0.29, 0.717) is 19.5 Å². The monoisotopic (exact) mass is 315 g/mol. The molecule has 8 heteroatoms. The van der Waals surface area contributed by atoms with Crippen LogP contribution in [0.5, 0.6) is 0 Å². The molecule has 2 heterocycles. The highest BCUT2D eigenvalue weighted by Crippen LogP contribution is 2.27. The maximum absolute atomic E-state index is 12.0. The molecule has 7 nitrogen and oxygen atoms in total. The van der Waals surface area contributed by atoms with Gasteiger partial charge >= 0.3 is 12.1 Å². The maximum atomic E-state index is 12.0. The molecule has 0 saturated carbocycles. The summed E-state index contributed by atoms with van der Waals surface area (Å²) in [6.07, 6.45) is 1.51. The van der Waals surface area contributed by atoms with E-state index in [4.69, 9.17) is 16.3 Å². The summed E-state index contributed by atoms with van der Waals surface area (Å²) < 4.78 is 6.67. The van der Waals surface area contributed by atoms with Crippen molar-refractivity contribution in [3.63, 3.8) is 0 Å². The SMILES string of the molecule is CC(C)(C)OC(=O)N1CC[C@H](n2ncc(Cl)c2C(=O)O)C1. The lowest BCUT2D eigenvalue weighted by Gasteiger charge is -2.24. The van der Waals surface area contributed by atoms with Crippen molar-refractivity contribution < 1.29 is 19.4 Å².